The molecule has 0 unspecified atom stereocenters. The van der Waals surface area contributed by atoms with Crippen molar-refractivity contribution < 1.29 is 0 Å². The molecule has 0 amide bonds. The van der Waals surface area contributed by atoms with Crippen LogP contribution in [0.15, 0.2) is 273 Å². The van der Waals surface area contributed by atoms with Gasteiger partial charge in [-0.15, -0.1) is 0 Å². The summed E-state index contributed by atoms with van der Waals surface area (Å²) >= 11 is 0. The smallest absolute Gasteiger partial charge is 0.252 e. The van der Waals surface area contributed by atoms with Gasteiger partial charge in [0.05, 0.1) is 11.0 Å². The summed E-state index contributed by atoms with van der Waals surface area (Å²) in [5.41, 5.74) is 37.3. The van der Waals surface area contributed by atoms with Gasteiger partial charge in [0.25, 0.3) is 20.1 Å². The van der Waals surface area contributed by atoms with Crippen LogP contribution in [0.1, 0.15) is 0 Å². The van der Waals surface area contributed by atoms with E-state index in [4.69, 9.17) is 0 Å². The molecule has 85 heavy (non-hydrogen) atoms. The number of hydrogen-bond acceptors (Lipinski definition) is 2. The normalized spacial score (nSPS) is 13.8. The van der Waals surface area contributed by atoms with E-state index in [2.05, 4.69) is 292 Å². The summed E-state index contributed by atoms with van der Waals surface area (Å²) in [7, 11) is 0. The van der Waals surface area contributed by atoms with E-state index >= 15 is 0 Å². The van der Waals surface area contributed by atoms with Crippen LogP contribution in [-0.4, -0.2) is 29.3 Å². The predicted octanol–water partition coefficient (Wildman–Crippen LogP) is 12.9. The maximum absolute atomic E-state index is 2.67. The Bertz CT molecular complexity index is 5180. The molecular weight excluding hydrogens is 1030 g/mol. The number of anilines is 6. The number of hydrogen-bond donors (Lipinski definition) is 0. The fourth-order valence-corrected chi connectivity index (χ4v) is 16.9. The zero-order chi connectivity index (χ0) is 54.9. The monoisotopic (exact) mass is 1070 g/mol. The number of rotatable bonds is 4. The van der Waals surface area contributed by atoms with Crippen molar-refractivity contribution in [1.82, 2.24) is 9.13 Å². The zero-order valence-corrected chi connectivity index (χ0v) is 46.0. The minimum Gasteiger partial charge on any atom is -0.312 e. The second kappa shape index (κ2) is 16.1. The van der Waals surface area contributed by atoms with E-state index in [-0.39, 0.29) is 20.1 Å². The second-order valence-electron chi connectivity index (χ2n) is 24.2. The Hall–Kier alpha value is -10.7. The average molecular weight is 1070 g/mol. The van der Waals surface area contributed by atoms with Gasteiger partial charge in [0.15, 0.2) is 0 Å². The number of nitrogens with zero attached hydrogens (tertiary/aromatic N) is 4. The Morgan fingerprint density at radius 1 is 0.212 bits per heavy atom. The predicted molar refractivity (Wildman–Crippen MR) is 360 cm³/mol. The Morgan fingerprint density at radius 2 is 0.576 bits per heavy atom. The SMILES string of the molecule is c1ccc(-c2ccc3c(c2)c2cc(-c4ccccc4)cc4c2n3-c2ccc3c5c2B4c2ccccc2N5c2cccc4c2B3c2ccc3c5c2N4c2ccccc2B5c2cc(-c4ccccc4)cc4c5cc(-c6ccccc6)ccc5n-3c24)cc1. The molecular formula is C78H45B3N4. The lowest BCUT2D eigenvalue weighted by Gasteiger charge is -2.50. The second-order valence-corrected chi connectivity index (χ2v) is 24.2. The third-order valence-corrected chi connectivity index (χ3v) is 20.2. The van der Waals surface area contributed by atoms with E-state index in [1.807, 2.05) is 0 Å². The van der Waals surface area contributed by atoms with Crippen LogP contribution < -0.4 is 59.0 Å². The zero-order valence-electron chi connectivity index (χ0n) is 46.0. The van der Waals surface area contributed by atoms with Crippen LogP contribution in [0.5, 0.6) is 0 Å². The first-order valence-corrected chi connectivity index (χ1v) is 29.9. The summed E-state index contributed by atoms with van der Waals surface area (Å²) in [5, 5.41) is 5.13. The van der Waals surface area contributed by atoms with Gasteiger partial charge in [-0.05, 0) is 166 Å². The van der Waals surface area contributed by atoms with Crippen molar-refractivity contribution in [3.05, 3.63) is 273 Å². The standard InChI is InChI=1S/C78H45B3N4/c1-5-18-46(19-6-1)50-32-36-64-54(40-50)56-42-52(48-22-9-3-10-23-48)44-62-75(56)82(64)70-38-34-60-77-73(70)79(62)58-26-13-15-28-66(58)84(77)68-30-17-31-69-72(68)81(60)61-35-39-71-74-78(61)85(69)67-29-16-14-27-59(67)80(74)63-45-53(49-24-11-4-12-25-49)43-57-55-41-51(47-20-7-2-8-21-47)33-37-65(55)83(71)76(57)63/h1-45H. The lowest BCUT2D eigenvalue weighted by Crippen LogP contribution is -2.70. The molecule has 4 nitrogen and oxygen atoms in total. The van der Waals surface area contributed by atoms with E-state index in [9.17, 15) is 0 Å². The summed E-state index contributed by atoms with van der Waals surface area (Å²) < 4.78 is 5.26. The molecule has 8 heterocycles. The maximum Gasteiger partial charge on any atom is 0.252 e. The molecule has 15 aromatic rings. The highest BCUT2D eigenvalue weighted by Crippen LogP contribution is 2.49. The van der Waals surface area contributed by atoms with Crippen LogP contribution in [0.3, 0.4) is 0 Å². The van der Waals surface area contributed by atoms with Gasteiger partial charge in [-0.25, -0.2) is 0 Å². The van der Waals surface area contributed by atoms with Crippen molar-refractivity contribution in [2.24, 2.45) is 0 Å². The van der Waals surface area contributed by atoms with Crippen LogP contribution in [-0.2, 0) is 0 Å². The molecule has 386 valence electrons. The minimum absolute atomic E-state index is 0.0147. The van der Waals surface area contributed by atoms with Gasteiger partial charge in [0.1, 0.15) is 0 Å². The highest BCUT2D eigenvalue weighted by Gasteiger charge is 2.53. The van der Waals surface area contributed by atoms with Crippen LogP contribution in [0.25, 0.3) is 99.5 Å². The molecule has 6 aliphatic heterocycles. The summed E-state index contributed by atoms with van der Waals surface area (Å²) in [6.45, 7) is -0.0758. The molecule has 0 spiro atoms. The van der Waals surface area contributed by atoms with E-state index in [0.717, 1.165) is 0 Å². The Labute approximate surface area is 492 Å². The largest absolute Gasteiger partial charge is 0.312 e. The van der Waals surface area contributed by atoms with Crippen molar-refractivity contribution in [1.29, 1.82) is 0 Å². The third kappa shape index (κ3) is 5.62. The van der Waals surface area contributed by atoms with E-state index in [0.29, 0.717) is 0 Å². The minimum atomic E-state index is -0.0464. The van der Waals surface area contributed by atoms with Gasteiger partial charge in [0.2, 0.25) is 0 Å². The summed E-state index contributed by atoms with van der Waals surface area (Å²) in [6.07, 6.45) is 0. The van der Waals surface area contributed by atoms with Gasteiger partial charge >= 0.3 is 0 Å². The lowest BCUT2D eigenvalue weighted by atomic mass is 9.27. The molecule has 0 aliphatic carbocycles. The first kappa shape index (κ1) is 44.9. The molecule has 2 aromatic heterocycles. The van der Waals surface area contributed by atoms with Crippen molar-refractivity contribution in [2.75, 3.05) is 9.80 Å². The van der Waals surface area contributed by atoms with Gasteiger partial charge in [-0.1, -0.05) is 200 Å². The number of para-hydroxylation sites is 2. The number of fused-ring (bicyclic) bond motifs is 20. The summed E-state index contributed by atoms with van der Waals surface area (Å²) in [6, 6.07) is 104. The van der Waals surface area contributed by atoms with Crippen LogP contribution in [0.2, 0.25) is 0 Å². The highest BCUT2D eigenvalue weighted by atomic mass is 15.2. The number of aromatic nitrogens is 2. The first-order chi connectivity index (χ1) is 42.2. The van der Waals surface area contributed by atoms with Gasteiger partial charge in [-0.2, -0.15) is 0 Å². The molecule has 6 aliphatic rings. The molecule has 0 bridgehead atoms. The molecule has 21 rings (SSSR count). The van der Waals surface area contributed by atoms with E-state index < -0.39 is 0 Å². The fourth-order valence-electron chi connectivity index (χ4n) is 16.9. The van der Waals surface area contributed by atoms with Crippen molar-refractivity contribution >= 4 is 147 Å². The van der Waals surface area contributed by atoms with Crippen molar-refractivity contribution in [2.45, 2.75) is 0 Å². The quantitative estimate of drug-likeness (QED) is 0.163. The van der Waals surface area contributed by atoms with Crippen molar-refractivity contribution in [3.63, 3.8) is 0 Å². The molecule has 13 aromatic carbocycles. The molecule has 0 fully saturated rings. The van der Waals surface area contributed by atoms with Crippen LogP contribution in [0, 0.1) is 0 Å². The fraction of sp³-hybridized carbons (Fsp3) is 0. The van der Waals surface area contributed by atoms with Crippen LogP contribution in [0.4, 0.5) is 34.1 Å². The average Bonchev–Trinajstić information content (AvgIpc) is 1.63. The molecule has 7 heteroatoms. The molecule has 0 radical (unpaired) electrons. The Morgan fingerprint density at radius 3 is 1.01 bits per heavy atom. The maximum atomic E-state index is 2.67. The van der Waals surface area contributed by atoms with Gasteiger partial charge in [0, 0.05) is 78.1 Å². The number of benzene rings is 13. The summed E-state index contributed by atoms with van der Waals surface area (Å²) in [4.78, 5) is 5.35. The molecule has 0 saturated heterocycles. The molecule has 0 saturated carbocycles. The first-order valence-electron chi connectivity index (χ1n) is 29.9. The third-order valence-electron chi connectivity index (χ3n) is 20.2. The Balaban J connectivity index is 0.858. The topological polar surface area (TPSA) is 16.3 Å². The van der Waals surface area contributed by atoms with Crippen molar-refractivity contribution in [3.8, 4) is 55.9 Å². The highest BCUT2D eigenvalue weighted by molar-refractivity contribution is 7.06. The lowest BCUT2D eigenvalue weighted by molar-refractivity contribution is 1.17. The summed E-state index contributed by atoms with van der Waals surface area (Å²) in [5.74, 6) is 0. The molecule has 0 atom stereocenters. The van der Waals surface area contributed by atoms with Gasteiger partial charge < -0.3 is 18.9 Å². The van der Waals surface area contributed by atoms with E-state index in [1.165, 1.54) is 183 Å². The van der Waals surface area contributed by atoms with Gasteiger partial charge in [-0.3, -0.25) is 0 Å². The Kier molecular flexibility index (Phi) is 8.48. The van der Waals surface area contributed by atoms with E-state index in [1.54, 1.807) is 0 Å². The molecule has 0 N–H and O–H groups in total. The van der Waals surface area contributed by atoms with Crippen LogP contribution >= 0.6 is 0 Å².